The molecule has 3 rings (SSSR count). The summed E-state index contributed by atoms with van der Waals surface area (Å²) < 4.78 is 44.8. The molecule has 1 aliphatic rings. The zero-order valence-corrected chi connectivity index (χ0v) is 18.5. The van der Waals surface area contributed by atoms with Crippen LogP contribution >= 0.6 is 0 Å². The normalized spacial score (nSPS) is 15.2. The van der Waals surface area contributed by atoms with Crippen molar-refractivity contribution in [2.75, 3.05) is 26.7 Å². The van der Waals surface area contributed by atoms with E-state index in [-0.39, 0.29) is 42.3 Å². The Morgan fingerprint density at radius 1 is 1.03 bits per heavy atom. The van der Waals surface area contributed by atoms with E-state index in [0.717, 1.165) is 23.4 Å². The Morgan fingerprint density at radius 3 is 2.25 bits per heavy atom. The number of benzene rings is 2. The molecule has 2 amide bonds. The molecular weight excluding hydrogens is 437 g/mol. The summed E-state index contributed by atoms with van der Waals surface area (Å²) in [5, 5.41) is 5.35. The van der Waals surface area contributed by atoms with Crippen LogP contribution in [0.3, 0.4) is 0 Å². The molecule has 32 heavy (non-hydrogen) atoms. The summed E-state index contributed by atoms with van der Waals surface area (Å²) in [6, 6.07) is 11.9. The van der Waals surface area contributed by atoms with E-state index in [1.165, 1.54) is 16.4 Å². The minimum Gasteiger partial charge on any atom is -0.497 e. The quantitative estimate of drug-likeness (QED) is 0.620. The summed E-state index contributed by atoms with van der Waals surface area (Å²) in [5.41, 5.74) is 0.903. The summed E-state index contributed by atoms with van der Waals surface area (Å²) in [5.74, 6) is -0.741. The molecule has 0 spiro atoms. The van der Waals surface area contributed by atoms with E-state index >= 15 is 0 Å². The van der Waals surface area contributed by atoms with Gasteiger partial charge in [-0.15, -0.1) is 0 Å². The average molecular weight is 464 g/mol. The SMILES string of the molecule is COc1ccc(CNC(=O)CNC(=O)C2CCN(S(=O)(=O)c3ccc(F)cc3)CC2)cc1. The molecule has 1 fully saturated rings. The number of hydrogen-bond acceptors (Lipinski definition) is 5. The highest BCUT2D eigenvalue weighted by atomic mass is 32.2. The zero-order chi connectivity index (χ0) is 23.1. The number of rotatable bonds is 8. The molecule has 0 atom stereocenters. The van der Waals surface area contributed by atoms with Gasteiger partial charge in [0.1, 0.15) is 11.6 Å². The maximum absolute atomic E-state index is 13.1. The first-order valence-electron chi connectivity index (χ1n) is 10.2. The van der Waals surface area contributed by atoms with Gasteiger partial charge in [-0.2, -0.15) is 4.31 Å². The fourth-order valence-corrected chi connectivity index (χ4v) is 4.90. The Balaban J connectivity index is 1.42. The number of carbonyl (C=O) groups excluding carboxylic acids is 2. The number of amides is 2. The van der Waals surface area contributed by atoms with Gasteiger partial charge in [-0.1, -0.05) is 12.1 Å². The standard InChI is InChI=1S/C22H26FN3O5S/c1-31-19-6-2-16(3-7-19)14-24-21(27)15-25-22(28)17-10-12-26(13-11-17)32(29,30)20-8-4-18(23)5-9-20/h2-9,17H,10-15H2,1H3,(H,24,27)(H,25,28). The van der Waals surface area contributed by atoms with Gasteiger partial charge in [0.2, 0.25) is 21.8 Å². The highest BCUT2D eigenvalue weighted by molar-refractivity contribution is 7.89. The number of methoxy groups -OCH3 is 1. The predicted molar refractivity (Wildman–Crippen MR) is 116 cm³/mol. The lowest BCUT2D eigenvalue weighted by Gasteiger charge is -2.30. The number of nitrogens with zero attached hydrogens (tertiary/aromatic N) is 1. The van der Waals surface area contributed by atoms with Gasteiger partial charge in [0, 0.05) is 25.6 Å². The smallest absolute Gasteiger partial charge is 0.243 e. The second-order valence-electron chi connectivity index (χ2n) is 7.47. The van der Waals surface area contributed by atoms with Gasteiger partial charge in [-0.3, -0.25) is 9.59 Å². The molecule has 0 unspecified atom stereocenters. The Bertz CT molecular complexity index is 1030. The van der Waals surface area contributed by atoms with Crippen molar-refractivity contribution >= 4 is 21.8 Å². The van der Waals surface area contributed by atoms with E-state index in [1.807, 2.05) is 12.1 Å². The van der Waals surface area contributed by atoms with E-state index in [4.69, 9.17) is 4.74 Å². The molecule has 0 bridgehead atoms. The Labute approximate surface area is 186 Å². The van der Waals surface area contributed by atoms with E-state index in [9.17, 15) is 22.4 Å². The molecule has 0 saturated carbocycles. The molecule has 0 aromatic heterocycles. The van der Waals surface area contributed by atoms with Crippen LogP contribution in [0.2, 0.25) is 0 Å². The molecule has 1 saturated heterocycles. The van der Waals surface area contributed by atoms with Crippen molar-refractivity contribution in [3.8, 4) is 5.75 Å². The van der Waals surface area contributed by atoms with Gasteiger partial charge >= 0.3 is 0 Å². The third kappa shape index (κ3) is 6.04. The number of ether oxygens (including phenoxy) is 1. The molecule has 10 heteroatoms. The van der Waals surface area contributed by atoms with Gasteiger partial charge in [-0.25, -0.2) is 12.8 Å². The Morgan fingerprint density at radius 2 is 1.66 bits per heavy atom. The van der Waals surface area contributed by atoms with Crippen molar-refractivity contribution in [2.24, 2.45) is 5.92 Å². The molecule has 2 N–H and O–H groups in total. The van der Waals surface area contributed by atoms with E-state index < -0.39 is 15.8 Å². The number of halogens is 1. The molecular formula is C22H26FN3O5S. The minimum absolute atomic E-state index is 0.0235. The van der Waals surface area contributed by atoms with Gasteiger partial charge in [0.15, 0.2) is 0 Å². The Hall–Kier alpha value is -2.98. The zero-order valence-electron chi connectivity index (χ0n) is 17.7. The van der Waals surface area contributed by atoms with Gasteiger partial charge in [0.05, 0.1) is 18.6 Å². The lowest BCUT2D eigenvalue weighted by atomic mass is 9.97. The summed E-state index contributed by atoms with van der Waals surface area (Å²) in [6.07, 6.45) is 0.694. The van der Waals surface area contributed by atoms with Crippen LogP contribution in [0, 0.1) is 11.7 Å². The van der Waals surface area contributed by atoms with Crippen LogP contribution in [-0.4, -0.2) is 51.3 Å². The largest absolute Gasteiger partial charge is 0.497 e. The molecule has 172 valence electrons. The minimum atomic E-state index is -3.73. The van der Waals surface area contributed by atoms with Crippen molar-refractivity contribution in [3.63, 3.8) is 0 Å². The van der Waals surface area contributed by atoms with E-state index in [1.54, 1.807) is 19.2 Å². The van der Waals surface area contributed by atoms with Crippen LogP contribution in [0.4, 0.5) is 4.39 Å². The number of hydrogen-bond donors (Lipinski definition) is 2. The molecule has 1 heterocycles. The average Bonchev–Trinajstić information content (AvgIpc) is 2.82. The molecule has 1 aliphatic heterocycles. The molecule has 0 aliphatic carbocycles. The van der Waals surface area contributed by atoms with Crippen LogP contribution in [-0.2, 0) is 26.2 Å². The summed E-state index contributed by atoms with van der Waals surface area (Å²) in [6.45, 7) is 0.546. The first-order valence-corrected chi connectivity index (χ1v) is 11.7. The van der Waals surface area contributed by atoms with Crippen LogP contribution in [0.25, 0.3) is 0 Å². The molecule has 2 aromatic rings. The highest BCUT2D eigenvalue weighted by Crippen LogP contribution is 2.24. The number of carbonyl (C=O) groups is 2. The first kappa shape index (κ1) is 23.7. The van der Waals surface area contributed by atoms with Crippen molar-refractivity contribution in [2.45, 2.75) is 24.3 Å². The van der Waals surface area contributed by atoms with Crippen LogP contribution in [0.1, 0.15) is 18.4 Å². The third-order valence-electron chi connectivity index (χ3n) is 5.35. The van der Waals surface area contributed by atoms with Crippen LogP contribution in [0.15, 0.2) is 53.4 Å². The van der Waals surface area contributed by atoms with Crippen LogP contribution in [0.5, 0.6) is 5.75 Å². The van der Waals surface area contributed by atoms with Crippen molar-refractivity contribution in [1.29, 1.82) is 0 Å². The lowest BCUT2D eigenvalue weighted by Crippen LogP contribution is -2.45. The number of sulfonamides is 1. The topological polar surface area (TPSA) is 105 Å². The second-order valence-corrected chi connectivity index (χ2v) is 9.41. The highest BCUT2D eigenvalue weighted by Gasteiger charge is 2.32. The predicted octanol–water partition coefficient (Wildman–Crippen LogP) is 1.67. The third-order valence-corrected chi connectivity index (χ3v) is 7.26. The van der Waals surface area contributed by atoms with Gasteiger partial charge < -0.3 is 15.4 Å². The molecule has 0 radical (unpaired) electrons. The van der Waals surface area contributed by atoms with Gasteiger partial charge in [-0.05, 0) is 54.8 Å². The summed E-state index contributed by atoms with van der Waals surface area (Å²) >= 11 is 0. The number of nitrogens with one attached hydrogen (secondary N) is 2. The number of piperidine rings is 1. The fraction of sp³-hybridized carbons (Fsp3) is 0.364. The van der Waals surface area contributed by atoms with Crippen molar-refractivity contribution in [3.05, 3.63) is 59.9 Å². The first-order chi connectivity index (χ1) is 15.3. The van der Waals surface area contributed by atoms with Crippen molar-refractivity contribution < 1.29 is 27.1 Å². The second kappa shape index (κ2) is 10.6. The molecule has 8 nitrogen and oxygen atoms in total. The maximum atomic E-state index is 13.1. The summed E-state index contributed by atoms with van der Waals surface area (Å²) in [4.78, 5) is 24.4. The van der Waals surface area contributed by atoms with Gasteiger partial charge in [0.25, 0.3) is 0 Å². The van der Waals surface area contributed by atoms with E-state index in [0.29, 0.717) is 19.4 Å². The summed E-state index contributed by atoms with van der Waals surface area (Å²) in [7, 11) is -2.15. The van der Waals surface area contributed by atoms with Crippen molar-refractivity contribution in [1.82, 2.24) is 14.9 Å². The fourth-order valence-electron chi connectivity index (χ4n) is 3.43. The lowest BCUT2D eigenvalue weighted by molar-refractivity contribution is -0.129. The van der Waals surface area contributed by atoms with Crippen LogP contribution < -0.4 is 15.4 Å². The van der Waals surface area contributed by atoms with E-state index in [2.05, 4.69) is 10.6 Å². The monoisotopic (exact) mass is 463 g/mol. The molecule has 2 aromatic carbocycles. The Kier molecular flexibility index (Phi) is 7.81. The maximum Gasteiger partial charge on any atom is 0.243 e.